The SMILES string of the molecule is FC1(F)OC2C=c3nc[nH]c3=CC2O1. The number of aromatic amines is 1. The van der Waals surface area contributed by atoms with E-state index in [4.69, 9.17) is 0 Å². The summed E-state index contributed by atoms with van der Waals surface area (Å²) in [5.41, 5.74) is 0. The third kappa shape index (κ3) is 1.08. The van der Waals surface area contributed by atoms with Gasteiger partial charge in [-0.25, -0.2) is 4.98 Å². The van der Waals surface area contributed by atoms with E-state index in [0.717, 1.165) is 0 Å². The number of imidazole rings is 1. The molecule has 4 nitrogen and oxygen atoms in total. The van der Waals surface area contributed by atoms with Crippen LogP contribution in [-0.2, 0) is 9.47 Å². The predicted molar refractivity (Wildman–Crippen MR) is 41.5 cm³/mol. The van der Waals surface area contributed by atoms with Gasteiger partial charge in [-0.1, -0.05) is 0 Å². The fourth-order valence-corrected chi connectivity index (χ4v) is 1.64. The van der Waals surface area contributed by atoms with Crippen LogP contribution in [0.5, 0.6) is 0 Å². The Bertz CT molecular complexity index is 441. The van der Waals surface area contributed by atoms with Gasteiger partial charge in [-0.3, -0.25) is 9.47 Å². The molecule has 1 aliphatic carbocycles. The van der Waals surface area contributed by atoms with Crippen molar-refractivity contribution in [3.8, 4) is 0 Å². The number of halogens is 2. The van der Waals surface area contributed by atoms with Crippen LogP contribution in [0.4, 0.5) is 8.78 Å². The number of H-pyrrole nitrogens is 1. The number of alkyl halides is 2. The summed E-state index contributed by atoms with van der Waals surface area (Å²) in [5.74, 6) is 0. The van der Waals surface area contributed by atoms with Crippen LogP contribution in [0.25, 0.3) is 12.2 Å². The van der Waals surface area contributed by atoms with E-state index >= 15 is 0 Å². The van der Waals surface area contributed by atoms with Crippen molar-refractivity contribution in [2.75, 3.05) is 0 Å². The second-order valence-corrected chi connectivity index (χ2v) is 3.16. The van der Waals surface area contributed by atoms with Gasteiger partial charge < -0.3 is 4.98 Å². The molecule has 0 aromatic carbocycles. The first-order valence-electron chi connectivity index (χ1n) is 4.11. The van der Waals surface area contributed by atoms with E-state index in [1.165, 1.54) is 12.4 Å². The monoisotopic (exact) mass is 200 g/mol. The molecule has 1 aromatic heterocycles. The molecule has 1 aromatic rings. The molecule has 1 N–H and O–H groups in total. The highest BCUT2D eigenvalue weighted by atomic mass is 19.3. The first kappa shape index (κ1) is 8.07. The summed E-state index contributed by atoms with van der Waals surface area (Å²) in [6, 6.07) is 0. The smallest absolute Gasteiger partial charge is 0.345 e. The van der Waals surface area contributed by atoms with Gasteiger partial charge in [0.2, 0.25) is 0 Å². The van der Waals surface area contributed by atoms with Crippen LogP contribution in [0.15, 0.2) is 6.33 Å². The molecule has 2 atom stereocenters. The van der Waals surface area contributed by atoms with Gasteiger partial charge in [-0.05, 0) is 12.2 Å². The zero-order valence-electron chi connectivity index (χ0n) is 6.91. The lowest BCUT2D eigenvalue weighted by Crippen LogP contribution is -2.36. The molecule has 0 radical (unpaired) electrons. The molecule has 1 aliphatic heterocycles. The van der Waals surface area contributed by atoms with Crippen LogP contribution in [-0.4, -0.2) is 28.5 Å². The second kappa shape index (κ2) is 2.40. The molecule has 2 unspecified atom stereocenters. The van der Waals surface area contributed by atoms with Gasteiger partial charge in [-0.2, -0.15) is 0 Å². The van der Waals surface area contributed by atoms with Crippen molar-refractivity contribution in [3.63, 3.8) is 0 Å². The zero-order valence-corrected chi connectivity index (χ0v) is 6.91. The Labute approximate surface area is 76.9 Å². The van der Waals surface area contributed by atoms with Gasteiger partial charge in [0, 0.05) is 0 Å². The van der Waals surface area contributed by atoms with Gasteiger partial charge in [0.1, 0.15) is 12.2 Å². The number of fused-ring (bicyclic) bond motifs is 2. The molecule has 6 heteroatoms. The van der Waals surface area contributed by atoms with Crippen LogP contribution in [0.3, 0.4) is 0 Å². The first-order chi connectivity index (χ1) is 6.64. The van der Waals surface area contributed by atoms with Gasteiger partial charge in [0.05, 0.1) is 17.0 Å². The maximum atomic E-state index is 12.7. The number of hydrogen-bond donors (Lipinski definition) is 1. The molecule has 2 heterocycles. The molecule has 0 bridgehead atoms. The normalized spacial score (nSPS) is 32.7. The molecular formula is C8H6F2N2O2. The minimum Gasteiger partial charge on any atom is -0.345 e. The van der Waals surface area contributed by atoms with Crippen LogP contribution in [0.2, 0.25) is 0 Å². The predicted octanol–water partition coefficient (Wildman–Crippen LogP) is -0.681. The quantitative estimate of drug-likeness (QED) is 0.603. The summed E-state index contributed by atoms with van der Waals surface area (Å²) in [6.45, 7) is 0. The van der Waals surface area contributed by atoms with Crippen molar-refractivity contribution in [2.45, 2.75) is 18.5 Å². The molecule has 74 valence electrons. The van der Waals surface area contributed by atoms with E-state index in [9.17, 15) is 8.78 Å². The highest BCUT2D eigenvalue weighted by Crippen LogP contribution is 2.33. The Balaban J connectivity index is 2.10. The van der Waals surface area contributed by atoms with E-state index in [1.807, 2.05) is 0 Å². The van der Waals surface area contributed by atoms with Crippen LogP contribution in [0.1, 0.15) is 0 Å². The Morgan fingerprint density at radius 3 is 2.79 bits per heavy atom. The lowest BCUT2D eigenvalue weighted by molar-refractivity contribution is -0.346. The molecule has 1 saturated heterocycles. The summed E-state index contributed by atoms with van der Waals surface area (Å²) in [4.78, 5) is 6.76. The third-order valence-electron chi connectivity index (χ3n) is 2.22. The number of ether oxygens (including phenoxy) is 2. The lowest BCUT2D eigenvalue weighted by atomic mass is 10.1. The summed E-state index contributed by atoms with van der Waals surface area (Å²) >= 11 is 0. The van der Waals surface area contributed by atoms with E-state index < -0.39 is 18.5 Å². The molecule has 1 fully saturated rings. The third-order valence-corrected chi connectivity index (χ3v) is 2.22. The van der Waals surface area contributed by atoms with Gasteiger partial charge in [0.15, 0.2) is 0 Å². The van der Waals surface area contributed by atoms with Gasteiger partial charge >= 0.3 is 6.29 Å². The molecule has 0 amide bonds. The van der Waals surface area contributed by atoms with E-state index in [0.29, 0.717) is 10.7 Å². The van der Waals surface area contributed by atoms with Crippen LogP contribution >= 0.6 is 0 Å². The van der Waals surface area contributed by atoms with Gasteiger partial charge in [-0.15, -0.1) is 8.78 Å². The topological polar surface area (TPSA) is 47.1 Å². The molecule has 3 rings (SSSR count). The maximum Gasteiger partial charge on any atom is 0.486 e. The number of nitrogens with one attached hydrogen (secondary N) is 1. The van der Waals surface area contributed by atoms with E-state index in [-0.39, 0.29) is 0 Å². The van der Waals surface area contributed by atoms with Crippen LogP contribution < -0.4 is 10.7 Å². The maximum absolute atomic E-state index is 12.7. The van der Waals surface area contributed by atoms with Crippen molar-refractivity contribution in [1.29, 1.82) is 0 Å². The van der Waals surface area contributed by atoms with Crippen molar-refractivity contribution in [2.24, 2.45) is 0 Å². The molecule has 0 saturated carbocycles. The Morgan fingerprint density at radius 2 is 2.00 bits per heavy atom. The molecule has 14 heavy (non-hydrogen) atoms. The van der Waals surface area contributed by atoms with Crippen molar-refractivity contribution in [1.82, 2.24) is 9.97 Å². The zero-order chi connectivity index (χ0) is 9.76. The summed E-state index contributed by atoms with van der Waals surface area (Å²) < 4.78 is 34.1. The fraction of sp³-hybridized carbons (Fsp3) is 0.375. The van der Waals surface area contributed by atoms with Crippen molar-refractivity contribution >= 4 is 12.2 Å². The highest BCUT2D eigenvalue weighted by Gasteiger charge is 2.48. The minimum absolute atomic E-state index is 0.618. The number of hydrogen-bond acceptors (Lipinski definition) is 3. The molecule has 0 spiro atoms. The average molecular weight is 200 g/mol. The van der Waals surface area contributed by atoms with Crippen molar-refractivity contribution in [3.05, 3.63) is 17.0 Å². The number of nitrogens with zero attached hydrogens (tertiary/aromatic N) is 1. The minimum atomic E-state index is -3.49. The molecule has 2 aliphatic rings. The Hall–Kier alpha value is -1.27. The summed E-state index contributed by atoms with van der Waals surface area (Å²) in [6.07, 6.45) is -0.410. The number of rotatable bonds is 0. The van der Waals surface area contributed by atoms with E-state index in [1.54, 1.807) is 6.08 Å². The Morgan fingerprint density at radius 1 is 1.29 bits per heavy atom. The Kier molecular flexibility index (Phi) is 1.38. The van der Waals surface area contributed by atoms with E-state index in [2.05, 4.69) is 19.4 Å². The van der Waals surface area contributed by atoms with Crippen LogP contribution in [0, 0.1) is 0 Å². The summed E-state index contributed by atoms with van der Waals surface area (Å²) in [5, 5.41) is 1.31. The molecular weight excluding hydrogens is 194 g/mol. The second-order valence-electron chi connectivity index (χ2n) is 3.16. The summed E-state index contributed by atoms with van der Waals surface area (Å²) in [7, 11) is 0. The standard InChI is InChI=1S/C8H6F2N2O2/c9-8(10)13-6-1-4-5(12-3-11-4)2-7(6)14-8/h1-3,6-7H,(H,11,12). The first-order valence-corrected chi connectivity index (χ1v) is 4.11. The fourth-order valence-electron chi connectivity index (χ4n) is 1.64. The lowest BCUT2D eigenvalue weighted by Gasteiger charge is -2.08. The van der Waals surface area contributed by atoms with Crippen molar-refractivity contribution < 1.29 is 18.3 Å². The highest BCUT2D eigenvalue weighted by molar-refractivity contribution is 5.43. The average Bonchev–Trinajstić information content (AvgIpc) is 2.59. The number of aromatic nitrogens is 2. The van der Waals surface area contributed by atoms with Gasteiger partial charge in [0.25, 0.3) is 0 Å². The largest absolute Gasteiger partial charge is 0.486 e.